The maximum atomic E-state index is 9.65. The van der Waals surface area contributed by atoms with E-state index in [1.807, 2.05) is 6.07 Å². The van der Waals surface area contributed by atoms with Crippen LogP contribution in [0.15, 0.2) is 18.2 Å². The van der Waals surface area contributed by atoms with Crippen LogP contribution >= 0.6 is 0 Å². The molecule has 1 rings (SSSR count). The van der Waals surface area contributed by atoms with Gasteiger partial charge in [-0.15, -0.1) is 0 Å². The van der Waals surface area contributed by atoms with E-state index in [0.717, 1.165) is 11.1 Å². The summed E-state index contributed by atoms with van der Waals surface area (Å²) < 4.78 is 0. The number of hydrogen-bond donors (Lipinski definition) is 3. The molecule has 0 amide bonds. The number of aromatic hydroxyl groups is 1. The smallest absolute Gasteiger partial charge is 0.118 e. The third kappa shape index (κ3) is 2.20. The number of phenolic OH excluding ortho intramolecular Hbond substituents is 1. The van der Waals surface area contributed by atoms with E-state index >= 15 is 0 Å². The van der Waals surface area contributed by atoms with E-state index in [1.54, 1.807) is 26.1 Å². The second kappa shape index (κ2) is 4.25. The van der Waals surface area contributed by atoms with E-state index < -0.39 is 6.10 Å². The van der Waals surface area contributed by atoms with Crippen LogP contribution in [0.3, 0.4) is 0 Å². The minimum Gasteiger partial charge on any atom is -0.508 e. The molecule has 0 fully saturated rings. The van der Waals surface area contributed by atoms with Crippen LogP contribution in [0.1, 0.15) is 17.2 Å². The summed E-state index contributed by atoms with van der Waals surface area (Å²) in [6, 6.07) is 5.17. The summed E-state index contributed by atoms with van der Waals surface area (Å²) in [5, 5.41) is 21.9. The molecular weight excluding hydrogens is 166 g/mol. The maximum Gasteiger partial charge on any atom is 0.118 e. The fourth-order valence-corrected chi connectivity index (χ4v) is 1.31. The van der Waals surface area contributed by atoms with Crippen molar-refractivity contribution in [1.29, 1.82) is 0 Å². The Morgan fingerprint density at radius 3 is 2.77 bits per heavy atom. The third-order valence-corrected chi connectivity index (χ3v) is 2.10. The van der Waals surface area contributed by atoms with Gasteiger partial charge in [0.05, 0.1) is 6.10 Å². The summed E-state index contributed by atoms with van der Waals surface area (Å²) >= 11 is 0. The standard InChI is InChI=1S/C10H15NO2/c1-7-8(10(13)6-11-2)4-3-5-9(7)12/h3-5,10-13H,6H2,1-2H3. The number of benzene rings is 1. The van der Waals surface area contributed by atoms with Gasteiger partial charge < -0.3 is 15.5 Å². The molecule has 3 heteroatoms. The Hall–Kier alpha value is -1.06. The van der Waals surface area contributed by atoms with Crippen molar-refractivity contribution in [3.63, 3.8) is 0 Å². The average molecular weight is 181 g/mol. The molecule has 0 spiro atoms. The van der Waals surface area contributed by atoms with Crippen LogP contribution in [0.4, 0.5) is 0 Å². The molecule has 0 aliphatic heterocycles. The number of rotatable bonds is 3. The minimum absolute atomic E-state index is 0.229. The Balaban J connectivity index is 2.93. The Morgan fingerprint density at radius 1 is 1.46 bits per heavy atom. The van der Waals surface area contributed by atoms with Crippen LogP contribution in [-0.4, -0.2) is 23.8 Å². The zero-order chi connectivity index (χ0) is 9.84. The lowest BCUT2D eigenvalue weighted by Gasteiger charge is -2.13. The SMILES string of the molecule is CNCC(O)c1cccc(O)c1C. The predicted octanol–water partition coefficient (Wildman–Crippen LogP) is 0.953. The van der Waals surface area contributed by atoms with Crippen molar-refractivity contribution in [2.45, 2.75) is 13.0 Å². The van der Waals surface area contributed by atoms with Gasteiger partial charge in [0.15, 0.2) is 0 Å². The van der Waals surface area contributed by atoms with Gasteiger partial charge in [0.2, 0.25) is 0 Å². The van der Waals surface area contributed by atoms with Crippen LogP contribution in [0, 0.1) is 6.92 Å². The summed E-state index contributed by atoms with van der Waals surface area (Å²) in [6.45, 7) is 2.29. The molecule has 0 radical (unpaired) electrons. The van der Waals surface area contributed by atoms with E-state index in [-0.39, 0.29) is 5.75 Å². The highest BCUT2D eigenvalue weighted by Crippen LogP contribution is 2.24. The van der Waals surface area contributed by atoms with Crippen molar-refractivity contribution in [3.05, 3.63) is 29.3 Å². The van der Waals surface area contributed by atoms with E-state index in [1.165, 1.54) is 0 Å². The number of aliphatic hydroxyl groups is 1. The molecule has 1 aromatic carbocycles. The van der Waals surface area contributed by atoms with Crippen molar-refractivity contribution < 1.29 is 10.2 Å². The van der Waals surface area contributed by atoms with E-state index in [9.17, 15) is 10.2 Å². The Labute approximate surface area is 78.0 Å². The first-order valence-electron chi connectivity index (χ1n) is 4.28. The normalized spacial score (nSPS) is 12.8. The maximum absolute atomic E-state index is 9.65. The molecule has 1 aromatic rings. The van der Waals surface area contributed by atoms with Crippen molar-refractivity contribution >= 4 is 0 Å². The zero-order valence-electron chi connectivity index (χ0n) is 7.91. The van der Waals surface area contributed by atoms with Crippen molar-refractivity contribution in [3.8, 4) is 5.75 Å². The molecule has 0 bridgehead atoms. The average Bonchev–Trinajstić information content (AvgIpc) is 2.10. The summed E-state index contributed by atoms with van der Waals surface area (Å²) in [5.74, 6) is 0.229. The molecule has 72 valence electrons. The number of hydrogen-bond acceptors (Lipinski definition) is 3. The van der Waals surface area contributed by atoms with E-state index in [2.05, 4.69) is 5.32 Å². The van der Waals surface area contributed by atoms with Gasteiger partial charge in [-0.25, -0.2) is 0 Å². The molecular formula is C10H15NO2. The van der Waals surface area contributed by atoms with Gasteiger partial charge in [0.25, 0.3) is 0 Å². The Kier molecular flexibility index (Phi) is 3.28. The van der Waals surface area contributed by atoms with Gasteiger partial charge in [-0.3, -0.25) is 0 Å². The first kappa shape index (κ1) is 10.0. The van der Waals surface area contributed by atoms with Crippen molar-refractivity contribution in [1.82, 2.24) is 5.32 Å². The summed E-state index contributed by atoms with van der Waals surface area (Å²) in [7, 11) is 1.78. The van der Waals surface area contributed by atoms with Crippen LogP contribution < -0.4 is 5.32 Å². The van der Waals surface area contributed by atoms with Gasteiger partial charge in [-0.1, -0.05) is 12.1 Å². The molecule has 1 unspecified atom stereocenters. The molecule has 13 heavy (non-hydrogen) atoms. The highest BCUT2D eigenvalue weighted by atomic mass is 16.3. The summed E-state index contributed by atoms with van der Waals surface area (Å²) in [6.07, 6.45) is -0.558. The largest absolute Gasteiger partial charge is 0.508 e. The van der Waals surface area contributed by atoms with Gasteiger partial charge in [-0.05, 0) is 31.2 Å². The second-order valence-electron chi connectivity index (χ2n) is 3.06. The van der Waals surface area contributed by atoms with Crippen LogP contribution in [0.5, 0.6) is 5.75 Å². The van der Waals surface area contributed by atoms with E-state index in [4.69, 9.17) is 0 Å². The molecule has 3 N–H and O–H groups in total. The lowest BCUT2D eigenvalue weighted by Crippen LogP contribution is -2.17. The van der Waals surface area contributed by atoms with E-state index in [0.29, 0.717) is 6.54 Å². The highest BCUT2D eigenvalue weighted by molar-refractivity contribution is 5.39. The molecule has 1 atom stereocenters. The second-order valence-corrected chi connectivity index (χ2v) is 3.06. The van der Waals surface area contributed by atoms with Crippen LogP contribution in [-0.2, 0) is 0 Å². The number of likely N-dealkylation sites (N-methyl/N-ethyl adjacent to an activating group) is 1. The van der Waals surface area contributed by atoms with Crippen molar-refractivity contribution in [2.24, 2.45) is 0 Å². The topological polar surface area (TPSA) is 52.5 Å². The molecule has 3 nitrogen and oxygen atoms in total. The lowest BCUT2D eigenvalue weighted by atomic mass is 10.0. The first-order valence-corrected chi connectivity index (χ1v) is 4.28. The molecule has 0 aliphatic rings. The number of aliphatic hydroxyl groups excluding tert-OH is 1. The molecule has 0 aromatic heterocycles. The zero-order valence-corrected chi connectivity index (χ0v) is 7.91. The predicted molar refractivity (Wildman–Crippen MR) is 51.7 cm³/mol. The van der Waals surface area contributed by atoms with Gasteiger partial charge in [0.1, 0.15) is 5.75 Å². The molecule has 0 aliphatic carbocycles. The third-order valence-electron chi connectivity index (χ3n) is 2.10. The number of phenols is 1. The number of nitrogens with one attached hydrogen (secondary N) is 1. The van der Waals surface area contributed by atoms with Crippen molar-refractivity contribution in [2.75, 3.05) is 13.6 Å². The van der Waals surface area contributed by atoms with Gasteiger partial charge >= 0.3 is 0 Å². The summed E-state index contributed by atoms with van der Waals surface area (Å²) in [4.78, 5) is 0. The minimum atomic E-state index is -0.558. The first-order chi connectivity index (χ1) is 6.16. The summed E-state index contributed by atoms with van der Waals surface area (Å²) in [5.41, 5.74) is 1.51. The van der Waals surface area contributed by atoms with Crippen LogP contribution in [0.25, 0.3) is 0 Å². The fourth-order valence-electron chi connectivity index (χ4n) is 1.31. The molecule has 0 heterocycles. The monoisotopic (exact) mass is 181 g/mol. The lowest BCUT2D eigenvalue weighted by molar-refractivity contribution is 0.176. The highest BCUT2D eigenvalue weighted by Gasteiger charge is 2.10. The quantitative estimate of drug-likeness (QED) is 0.651. The molecule has 0 saturated carbocycles. The van der Waals surface area contributed by atoms with Gasteiger partial charge in [-0.2, -0.15) is 0 Å². The fraction of sp³-hybridized carbons (Fsp3) is 0.400. The van der Waals surface area contributed by atoms with Gasteiger partial charge in [0, 0.05) is 6.54 Å². The Morgan fingerprint density at radius 2 is 2.15 bits per heavy atom. The Bertz CT molecular complexity index is 286. The van der Waals surface area contributed by atoms with Crippen LogP contribution in [0.2, 0.25) is 0 Å². The molecule has 0 saturated heterocycles.